The van der Waals surface area contributed by atoms with Crippen molar-refractivity contribution in [2.45, 2.75) is 0 Å². The average Bonchev–Trinajstić information content (AvgIpc) is 2.30. The van der Waals surface area contributed by atoms with E-state index in [1.807, 2.05) is 0 Å². The summed E-state index contributed by atoms with van der Waals surface area (Å²) in [5, 5.41) is 3.80. The van der Waals surface area contributed by atoms with Crippen LogP contribution in [-0.2, 0) is 0 Å². The van der Waals surface area contributed by atoms with Crippen LogP contribution >= 0.6 is 0 Å². The third kappa shape index (κ3) is 1.66. The van der Waals surface area contributed by atoms with Crippen LogP contribution in [0.4, 0.5) is 20.2 Å². The van der Waals surface area contributed by atoms with Crippen molar-refractivity contribution in [1.29, 1.82) is 0 Å². The number of hydrogen-bond donors (Lipinski definition) is 2. The molecule has 0 atom stereocenters. The van der Waals surface area contributed by atoms with Gasteiger partial charge in [0, 0.05) is 23.8 Å². The van der Waals surface area contributed by atoms with Crippen LogP contribution in [0.3, 0.4) is 0 Å². The maximum Gasteiger partial charge on any atom is 0.175 e. The number of fused-ring (bicyclic) bond motifs is 1. The summed E-state index contributed by atoms with van der Waals surface area (Å²) < 4.78 is 26.9. The van der Waals surface area contributed by atoms with Crippen LogP contribution in [0.2, 0.25) is 0 Å². The quantitative estimate of drug-likeness (QED) is 0.586. The van der Waals surface area contributed by atoms with Gasteiger partial charge in [-0.2, -0.15) is 0 Å². The van der Waals surface area contributed by atoms with Crippen LogP contribution in [-0.4, -0.2) is 7.05 Å². The number of nitrogens with one attached hydrogen (secondary N) is 1. The summed E-state index contributed by atoms with van der Waals surface area (Å²) in [4.78, 5) is 0. The van der Waals surface area contributed by atoms with Gasteiger partial charge in [-0.25, -0.2) is 8.78 Å². The van der Waals surface area contributed by atoms with Crippen molar-refractivity contribution >= 4 is 22.1 Å². The van der Waals surface area contributed by atoms with E-state index in [0.717, 1.165) is 6.07 Å². The van der Waals surface area contributed by atoms with Crippen molar-refractivity contribution in [1.82, 2.24) is 0 Å². The van der Waals surface area contributed by atoms with E-state index in [2.05, 4.69) is 11.2 Å². The van der Waals surface area contributed by atoms with Gasteiger partial charge in [0.1, 0.15) is 0 Å². The number of nitrogens with two attached hydrogens (primary N) is 1. The normalized spacial score (nSPS) is 10.2. The van der Waals surface area contributed by atoms with Crippen molar-refractivity contribution < 1.29 is 8.78 Å². The summed E-state index contributed by atoms with van der Waals surface area (Å²) in [5.74, 6) is 0.191. The van der Waals surface area contributed by atoms with Crippen molar-refractivity contribution in [2.24, 2.45) is 0 Å². The molecule has 0 unspecified atom stereocenters. The van der Waals surface area contributed by atoms with E-state index < -0.39 is 11.6 Å². The highest BCUT2D eigenvalue weighted by Crippen LogP contribution is 2.32. The van der Waals surface area contributed by atoms with E-state index in [1.165, 1.54) is 0 Å². The van der Waals surface area contributed by atoms with Crippen LogP contribution in [0, 0.1) is 24.0 Å². The van der Waals surface area contributed by atoms with Gasteiger partial charge < -0.3 is 11.1 Å². The summed E-state index contributed by atoms with van der Waals surface area (Å²) in [6, 6.07) is 4.27. The smallest absolute Gasteiger partial charge is 0.175 e. The van der Waals surface area contributed by atoms with Crippen LogP contribution in [0.5, 0.6) is 0 Å². The Morgan fingerprint density at radius 2 is 2.00 bits per heavy atom. The molecule has 0 fully saturated rings. The standard InChI is InChI=1S/C13H10F2N2/c1-3-9-12-7(5-10(14)13(9)15)4-8(16)6-11(12)17-2/h1,4-6,17H,16H2,2H3. The lowest BCUT2D eigenvalue weighted by Gasteiger charge is -2.11. The molecule has 86 valence electrons. The summed E-state index contributed by atoms with van der Waals surface area (Å²) in [6.07, 6.45) is 5.23. The minimum absolute atomic E-state index is 0.0932. The van der Waals surface area contributed by atoms with Crippen LogP contribution in [0.25, 0.3) is 10.8 Å². The molecule has 17 heavy (non-hydrogen) atoms. The Hall–Kier alpha value is -2.28. The zero-order chi connectivity index (χ0) is 12.6. The fraction of sp³-hybridized carbons (Fsp3) is 0.0769. The summed E-state index contributed by atoms with van der Waals surface area (Å²) in [6.45, 7) is 0. The molecule has 0 saturated carbocycles. The Labute approximate surface area is 97.4 Å². The molecule has 2 aromatic carbocycles. The number of anilines is 2. The molecule has 2 nitrogen and oxygen atoms in total. The molecule has 0 bridgehead atoms. The van der Waals surface area contributed by atoms with Gasteiger partial charge in [0.15, 0.2) is 11.6 Å². The highest BCUT2D eigenvalue weighted by molar-refractivity contribution is 6.00. The third-order valence-corrected chi connectivity index (χ3v) is 2.57. The largest absolute Gasteiger partial charge is 0.399 e. The molecule has 0 radical (unpaired) electrons. The molecule has 2 rings (SSSR count). The zero-order valence-electron chi connectivity index (χ0n) is 9.14. The van der Waals surface area contributed by atoms with E-state index in [4.69, 9.17) is 12.2 Å². The van der Waals surface area contributed by atoms with Gasteiger partial charge in [-0.1, -0.05) is 5.92 Å². The Kier molecular flexibility index (Phi) is 2.60. The molecule has 0 heterocycles. The van der Waals surface area contributed by atoms with Crippen molar-refractivity contribution in [3.8, 4) is 12.3 Å². The Morgan fingerprint density at radius 1 is 1.29 bits per heavy atom. The zero-order valence-corrected chi connectivity index (χ0v) is 9.14. The first-order chi connectivity index (χ1) is 8.08. The SMILES string of the molecule is C#Cc1c(F)c(F)cc2cc(N)cc(NC)c12. The Bertz CT molecular complexity index is 642. The number of nitrogen functional groups attached to an aromatic ring is 1. The minimum Gasteiger partial charge on any atom is -0.399 e. The summed E-state index contributed by atoms with van der Waals surface area (Å²) >= 11 is 0. The van der Waals surface area contributed by atoms with Gasteiger partial charge >= 0.3 is 0 Å². The maximum atomic E-state index is 13.6. The predicted octanol–water partition coefficient (Wildman–Crippen LogP) is 2.72. The highest BCUT2D eigenvalue weighted by atomic mass is 19.2. The van der Waals surface area contributed by atoms with Crippen LogP contribution in [0.1, 0.15) is 5.56 Å². The van der Waals surface area contributed by atoms with E-state index in [0.29, 0.717) is 22.1 Å². The lowest BCUT2D eigenvalue weighted by molar-refractivity contribution is 0.509. The maximum absolute atomic E-state index is 13.6. The number of hydrogen-bond acceptors (Lipinski definition) is 2. The first kappa shape index (κ1) is 11.2. The number of terminal acetylenes is 1. The summed E-state index contributed by atoms with van der Waals surface area (Å²) in [7, 11) is 1.66. The number of rotatable bonds is 1. The van der Waals surface area contributed by atoms with Gasteiger partial charge in [0.05, 0.1) is 5.56 Å². The van der Waals surface area contributed by atoms with Crippen LogP contribution in [0.15, 0.2) is 18.2 Å². The number of halogens is 2. The molecule has 2 aromatic rings. The minimum atomic E-state index is -1.01. The van der Waals surface area contributed by atoms with E-state index in [-0.39, 0.29) is 5.56 Å². The third-order valence-electron chi connectivity index (χ3n) is 2.57. The molecule has 0 aliphatic carbocycles. The molecule has 0 saturated heterocycles. The Morgan fingerprint density at radius 3 is 2.59 bits per heavy atom. The fourth-order valence-corrected chi connectivity index (χ4v) is 1.84. The van der Waals surface area contributed by atoms with Crippen molar-refractivity contribution in [3.05, 3.63) is 35.4 Å². The van der Waals surface area contributed by atoms with E-state index in [1.54, 1.807) is 19.2 Å². The lowest BCUT2D eigenvalue weighted by atomic mass is 10.0. The van der Waals surface area contributed by atoms with Crippen molar-refractivity contribution in [3.63, 3.8) is 0 Å². The van der Waals surface area contributed by atoms with Gasteiger partial charge in [-0.05, 0) is 23.6 Å². The van der Waals surface area contributed by atoms with Gasteiger partial charge in [-0.15, -0.1) is 6.42 Å². The molecule has 0 aliphatic rings. The average molecular weight is 232 g/mol. The van der Waals surface area contributed by atoms with Crippen LogP contribution < -0.4 is 11.1 Å². The van der Waals surface area contributed by atoms with Crippen molar-refractivity contribution in [2.75, 3.05) is 18.1 Å². The molecule has 0 spiro atoms. The first-order valence-corrected chi connectivity index (χ1v) is 4.94. The van der Waals surface area contributed by atoms with Gasteiger partial charge in [0.2, 0.25) is 0 Å². The fourth-order valence-electron chi connectivity index (χ4n) is 1.84. The topological polar surface area (TPSA) is 38.0 Å². The molecule has 0 aliphatic heterocycles. The van der Waals surface area contributed by atoms with E-state index >= 15 is 0 Å². The second kappa shape index (κ2) is 3.95. The van der Waals surface area contributed by atoms with Gasteiger partial charge in [0.25, 0.3) is 0 Å². The molecule has 0 amide bonds. The molecule has 0 aromatic heterocycles. The molecular formula is C13H10F2N2. The van der Waals surface area contributed by atoms with Gasteiger partial charge in [-0.3, -0.25) is 0 Å². The Balaban J connectivity index is 3.02. The highest BCUT2D eigenvalue weighted by Gasteiger charge is 2.15. The molecular weight excluding hydrogens is 222 g/mol. The predicted molar refractivity (Wildman–Crippen MR) is 65.8 cm³/mol. The molecule has 4 heteroatoms. The number of benzene rings is 2. The summed E-state index contributed by atoms with van der Waals surface area (Å²) in [5.41, 5.74) is 6.61. The molecule has 3 N–H and O–H groups in total. The second-order valence-corrected chi connectivity index (χ2v) is 3.61. The second-order valence-electron chi connectivity index (χ2n) is 3.61. The first-order valence-electron chi connectivity index (χ1n) is 4.94. The monoisotopic (exact) mass is 232 g/mol. The van der Waals surface area contributed by atoms with E-state index in [9.17, 15) is 8.78 Å². The lowest BCUT2D eigenvalue weighted by Crippen LogP contribution is -1.98.